The van der Waals surface area contributed by atoms with Crippen molar-refractivity contribution in [3.63, 3.8) is 0 Å². The van der Waals surface area contributed by atoms with Gasteiger partial charge < -0.3 is 4.90 Å². The number of anilines is 1. The van der Waals surface area contributed by atoms with Gasteiger partial charge in [0.1, 0.15) is 12.1 Å². The molecule has 18 heavy (non-hydrogen) atoms. The highest BCUT2D eigenvalue weighted by molar-refractivity contribution is 5.54. The van der Waals surface area contributed by atoms with Crippen LogP contribution in [0.25, 0.3) is 5.78 Å². The van der Waals surface area contributed by atoms with E-state index in [1.54, 1.807) is 6.33 Å². The molecule has 0 radical (unpaired) electrons. The summed E-state index contributed by atoms with van der Waals surface area (Å²) in [5.41, 5.74) is 2.26. The third-order valence-electron chi connectivity index (χ3n) is 3.96. The van der Waals surface area contributed by atoms with Crippen molar-refractivity contribution in [1.29, 1.82) is 0 Å². The molecule has 0 saturated carbocycles. The maximum Gasteiger partial charge on any atom is 0.254 e. The van der Waals surface area contributed by atoms with E-state index in [4.69, 9.17) is 0 Å². The average molecular weight is 245 g/mol. The second-order valence-corrected chi connectivity index (χ2v) is 5.29. The molecule has 2 aromatic heterocycles. The van der Waals surface area contributed by atoms with E-state index in [1.165, 1.54) is 24.2 Å². The molecule has 0 unspecified atom stereocenters. The van der Waals surface area contributed by atoms with Crippen LogP contribution in [-0.2, 0) is 0 Å². The standard InChI is InChI=1S/C13H19N5/c1-9-4-6-17(7-5-9)12-10(2)11(3)16-13-14-8-15-18(12)13/h8-9H,4-7H2,1-3H3. The zero-order chi connectivity index (χ0) is 12.7. The van der Waals surface area contributed by atoms with Crippen molar-refractivity contribution >= 4 is 11.6 Å². The minimum atomic E-state index is 0.701. The molecule has 1 saturated heterocycles. The fourth-order valence-corrected chi connectivity index (χ4v) is 2.61. The monoisotopic (exact) mass is 245 g/mol. The van der Waals surface area contributed by atoms with Crippen LogP contribution < -0.4 is 4.90 Å². The third kappa shape index (κ3) is 1.74. The van der Waals surface area contributed by atoms with Crippen molar-refractivity contribution in [2.24, 2.45) is 5.92 Å². The number of fused-ring (bicyclic) bond motifs is 1. The molecule has 0 aromatic carbocycles. The fourth-order valence-electron chi connectivity index (χ4n) is 2.61. The third-order valence-corrected chi connectivity index (χ3v) is 3.96. The Morgan fingerprint density at radius 2 is 1.94 bits per heavy atom. The molecule has 5 heteroatoms. The van der Waals surface area contributed by atoms with Crippen molar-refractivity contribution in [2.45, 2.75) is 33.6 Å². The molecule has 1 fully saturated rings. The van der Waals surface area contributed by atoms with Crippen LogP contribution in [0.2, 0.25) is 0 Å². The van der Waals surface area contributed by atoms with E-state index in [0.29, 0.717) is 5.78 Å². The van der Waals surface area contributed by atoms with E-state index < -0.39 is 0 Å². The first-order valence-electron chi connectivity index (χ1n) is 6.58. The molecule has 2 aromatic rings. The van der Waals surface area contributed by atoms with E-state index in [2.05, 4.69) is 33.8 Å². The van der Waals surface area contributed by atoms with Gasteiger partial charge in [0.15, 0.2) is 0 Å². The molecule has 0 amide bonds. The highest BCUT2D eigenvalue weighted by atomic mass is 15.4. The van der Waals surface area contributed by atoms with Gasteiger partial charge in [-0.25, -0.2) is 4.98 Å². The lowest BCUT2D eigenvalue weighted by atomic mass is 9.99. The smallest absolute Gasteiger partial charge is 0.254 e. The van der Waals surface area contributed by atoms with Crippen molar-refractivity contribution in [3.05, 3.63) is 17.6 Å². The molecular weight excluding hydrogens is 226 g/mol. The normalized spacial score (nSPS) is 17.6. The minimum absolute atomic E-state index is 0.701. The number of nitrogens with zero attached hydrogens (tertiary/aromatic N) is 5. The highest BCUT2D eigenvalue weighted by Crippen LogP contribution is 2.26. The number of rotatable bonds is 1. The van der Waals surface area contributed by atoms with Gasteiger partial charge in [-0.15, -0.1) is 0 Å². The second kappa shape index (κ2) is 4.23. The van der Waals surface area contributed by atoms with Gasteiger partial charge in [0, 0.05) is 24.3 Å². The summed E-state index contributed by atoms with van der Waals surface area (Å²) >= 11 is 0. The Balaban J connectivity index is 2.09. The Kier molecular flexibility index (Phi) is 2.69. The SMILES string of the molecule is Cc1nc2ncnn2c(N2CCC(C)CC2)c1C. The van der Waals surface area contributed by atoms with Gasteiger partial charge >= 0.3 is 0 Å². The highest BCUT2D eigenvalue weighted by Gasteiger charge is 2.21. The molecule has 0 atom stereocenters. The van der Waals surface area contributed by atoms with Gasteiger partial charge in [0.25, 0.3) is 5.78 Å². The Morgan fingerprint density at radius 3 is 2.67 bits per heavy atom. The summed E-state index contributed by atoms with van der Waals surface area (Å²) in [6.07, 6.45) is 4.07. The quantitative estimate of drug-likeness (QED) is 0.770. The number of piperidine rings is 1. The first kappa shape index (κ1) is 11.4. The molecular formula is C13H19N5. The molecule has 0 N–H and O–H groups in total. The van der Waals surface area contributed by atoms with E-state index in [-0.39, 0.29) is 0 Å². The molecule has 3 heterocycles. The lowest BCUT2D eigenvalue weighted by Crippen LogP contribution is -2.35. The largest absolute Gasteiger partial charge is 0.356 e. The number of hydrogen-bond acceptors (Lipinski definition) is 4. The van der Waals surface area contributed by atoms with Crippen LogP contribution in [-0.4, -0.2) is 32.7 Å². The summed E-state index contributed by atoms with van der Waals surface area (Å²) in [4.78, 5) is 11.1. The number of hydrogen-bond donors (Lipinski definition) is 0. The molecule has 0 spiro atoms. The number of aryl methyl sites for hydroxylation is 1. The summed E-state index contributed by atoms with van der Waals surface area (Å²) < 4.78 is 1.87. The van der Waals surface area contributed by atoms with Crippen LogP contribution in [0, 0.1) is 19.8 Å². The van der Waals surface area contributed by atoms with E-state index >= 15 is 0 Å². The topological polar surface area (TPSA) is 46.3 Å². The first-order chi connectivity index (χ1) is 8.66. The summed E-state index contributed by atoms with van der Waals surface area (Å²) in [6.45, 7) is 8.69. The maximum absolute atomic E-state index is 4.47. The molecule has 1 aliphatic rings. The van der Waals surface area contributed by atoms with Crippen LogP contribution in [0.3, 0.4) is 0 Å². The molecule has 0 aliphatic carbocycles. The molecule has 5 nitrogen and oxygen atoms in total. The predicted octanol–water partition coefficient (Wildman–Crippen LogP) is 1.98. The van der Waals surface area contributed by atoms with Gasteiger partial charge in [-0.2, -0.15) is 14.6 Å². The van der Waals surface area contributed by atoms with Gasteiger partial charge in [-0.3, -0.25) is 0 Å². The van der Waals surface area contributed by atoms with Gasteiger partial charge in [0.2, 0.25) is 0 Å². The van der Waals surface area contributed by atoms with Crippen LogP contribution in [0.5, 0.6) is 0 Å². The average Bonchev–Trinajstić information content (AvgIpc) is 2.80. The van der Waals surface area contributed by atoms with Gasteiger partial charge in [0.05, 0.1) is 0 Å². The lowest BCUT2D eigenvalue weighted by molar-refractivity contribution is 0.434. The van der Waals surface area contributed by atoms with Crippen molar-refractivity contribution in [3.8, 4) is 0 Å². The summed E-state index contributed by atoms with van der Waals surface area (Å²) in [6, 6.07) is 0. The van der Waals surface area contributed by atoms with Crippen molar-refractivity contribution in [2.75, 3.05) is 18.0 Å². The zero-order valence-corrected chi connectivity index (χ0v) is 11.2. The Bertz CT molecular complexity index is 566. The second-order valence-electron chi connectivity index (χ2n) is 5.29. The Morgan fingerprint density at radius 1 is 1.22 bits per heavy atom. The van der Waals surface area contributed by atoms with Crippen LogP contribution in [0.4, 0.5) is 5.82 Å². The summed E-state index contributed by atoms with van der Waals surface area (Å²) in [7, 11) is 0. The fraction of sp³-hybridized carbons (Fsp3) is 0.615. The van der Waals surface area contributed by atoms with E-state index in [9.17, 15) is 0 Å². The molecule has 1 aliphatic heterocycles. The first-order valence-corrected chi connectivity index (χ1v) is 6.58. The molecule has 0 bridgehead atoms. The summed E-state index contributed by atoms with van der Waals surface area (Å²) in [5, 5.41) is 4.32. The lowest BCUT2D eigenvalue weighted by Gasteiger charge is -2.33. The van der Waals surface area contributed by atoms with Crippen molar-refractivity contribution < 1.29 is 0 Å². The number of aromatic nitrogens is 4. The Labute approximate surface area is 107 Å². The predicted molar refractivity (Wildman–Crippen MR) is 70.9 cm³/mol. The molecule has 3 rings (SSSR count). The van der Waals surface area contributed by atoms with Gasteiger partial charge in [-0.05, 0) is 32.6 Å². The van der Waals surface area contributed by atoms with Crippen molar-refractivity contribution in [1.82, 2.24) is 19.6 Å². The van der Waals surface area contributed by atoms with Gasteiger partial charge in [-0.1, -0.05) is 6.92 Å². The van der Waals surface area contributed by atoms with Crippen LogP contribution in [0.1, 0.15) is 31.0 Å². The van der Waals surface area contributed by atoms with Crippen LogP contribution >= 0.6 is 0 Å². The maximum atomic E-state index is 4.47. The van der Waals surface area contributed by atoms with Crippen LogP contribution in [0.15, 0.2) is 6.33 Å². The van der Waals surface area contributed by atoms with E-state index in [0.717, 1.165) is 24.7 Å². The minimum Gasteiger partial charge on any atom is -0.356 e. The zero-order valence-electron chi connectivity index (χ0n) is 11.2. The van der Waals surface area contributed by atoms with E-state index in [1.807, 2.05) is 11.4 Å². The Hall–Kier alpha value is -1.65. The summed E-state index contributed by atoms with van der Waals surface area (Å²) in [5.74, 6) is 2.70. The molecule has 96 valence electrons.